The number of alkyl halides is 3. The van der Waals surface area contributed by atoms with Gasteiger partial charge in [0, 0.05) is 0 Å². The summed E-state index contributed by atoms with van der Waals surface area (Å²) in [5.41, 5.74) is -5.65. The van der Waals surface area contributed by atoms with Crippen LogP contribution in [0.1, 0.15) is 5.89 Å². The van der Waals surface area contributed by atoms with Gasteiger partial charge in [-0.2, -0.15) is 18.2 Å². The minimum absolute atomic E-state index is 0.843. The summed E-state index contributed by atoms with van der Waals surface area (Å²) >= 11 is 0. The second-order valence-corrected chi connectivity index (χ2v) is 3.39. The van der Waals surface area contributed by atoms with Crippen LogP contribution in [0, 0.1) is 6.92 Å². The third kappa shape index (κ3) is 4.82. The van der Waals surface area contributed by atoms with Gasteiger partial charge in [-0.05, 0) is 0 Å². The Kier molecular flexibility index (Phi) is 4.08. The second kappa shape index (κ2) is 4.42. The second-order valence-electron chi connectivity index (χ2n) is 2.02. The molecule has 0 aliphatic heterocycles. The normalized spacial score (nSPS) is 11.8. The smallest absolute Gasteiger partial charge is 0.485 e. The van der Waals surface area contributed by atoms with Crippen LogP contribution in [0.4, 0.5) is 13.2 Å². The van der Waals surface area contributed by atoms with Gasteiger partial charge in [-0.15, -0.1) is 0 Å². The van der Waals surface area contributed by atoms with E-state index >= 15 is 0 Å². The molecule has 0 saturated heterocycles. The van der Waals surface area contributed by atoms with E-state index in [9.17, 15) is 13.2 Å². The molecule has 1 aromatic heterocycles. The maximum Gasteiger partial charge on any atom is 0.485 e. The standard InChI is InChI=1S/C4H5NO.CHF3O3S/c1-4-5-2-3-6-4;2-1(3,4)8(5,6)7/h2-3H,1H3;(H,5,6,7). The molecular weight excluding hydrogens is 227 g/mol. The first-order valence-corrected chi connectivity index (χ1v) is 4.49. The molecule has 0 spiro atoms. The number of H-pyrrole nitrogens is 1. The number of hydrogen-bond donors (Lipinski definition) is 0. The summed E-state index contributed by atoms with van der Waals surface area (Å²) in [6, 6.07) is 0. The topological polar surface area (TPSA) is 84.5 Å². The number of aryl methyl sites for hydroxylation is 1. The van der Waals surface area contributed by atoms with E-state index in [0.717, 1.165) is 5.89 Å². The van der Waals surface area contributed by atoms with Crippen molar-refractivity contribution in [2.45, 2.75) is 12.4 Å². The molecule has 0 saturated carbocycles. The lowest BCUT2D eigenvalue weighted by Gasteiger charge is -2.08. The van der Waals surface area contributed by atoms with Crippen molar-refractivity contribution in [3.8, 4) is 0 Å². The fourth-order valence-corrected chi connectivity index (χ4v) is 0.321. The number of nitrogens with one attached hydrogen (secondary N) is 1. The molecule has 1 rings (SSSR count). The summed E-state index contributed by atoms with van der Waals surface area (Å²) in [7, 11) is -6.09. The largest absolute Gasteiger partial charge is 0.741 e. The lowest BCUT2D eigenvalue weighted by molar-refractivity contribution is -0.394. The molecule has 1 aromatic rings. The summed E-state index contributed by atoms with van der Waals surface area (Å²) in [5.74, 6) is 0.843. The van der Waals surface area contributed by atoms with Gasteiger partial charge in [-0.1, -0.05) is 0 Å². The molecule has 0 unspecified atom stereocenters. The fraction of sp³-hybridized carbons (Fsp3) is 0.400. The summed E-state index contributed by atoms with van der Waals surface area (Å²) in [6.07, 6.45) is 3.35. The van der Waals surface area contributed by atoms with Crippen molar-refractivity contribution in [3.05, 3.63) is 18.4 Å². The highest BCUT2D eigenvalue weighted by atomic mass is 32.2. The number of aromatic nitrogens is 1. The average Bonchev–Trinajstić information content (AvgIpc) is 2.35. The van der Waals surface area contributed by atoms with Gasteiger partial charge in [0.05, 0.1) is 6.92 Å². The van der Waals surface area contributed by atoms with Gasteiger partial charge >= 0.3 is 11.4 Å². The maximum atomic E-state index is 10.7. The third-order valence-corrected chi connectivity index (χ3v) is 1.45. The van der Waals surface area contributed by atoms with Crippen LogP contribution >= 0.6 is 0 Å². The molecule has 1 heterocycles. The molecule has 0 aliphatic carbocycles. The minimum atomic E-state index is -6.09. The molecule has 0 fully saturated rings. The lowest BCUT2D eigenvalue weighted by atomic mass is 10.8. The first-order chi connectivity index (χ1) is 6.14. The summed E-state index contributed by atoms with van der Waals surface area (Å²) in [6.45, 7) is 1.86. The molecule has 1 N–H and O–H groups in total. The SMILES string of the molecule is Cc1[nH+]cco1.O=S(=O)([O-])C(F)(F)F. The third-order valence-electron chi connectivity index (χ3n) is 0.883. The van der Waals surface area contributed by atoms with Crippen LogP contribution in [-0.2, 0) is 10.1 Å². The van der Waals surface area contributed by atoms with Gasteiger partial charge in [-0.3, -0.25) is 0 Å². The van der Waals surface area contributed by atoms with Gasteiger partial charge < -0.3 is 8.97 Å². The van der Waals surface area contributed by atoms with Crippen LogP contribution in [0.25, 0.3) is 0 Å². The van der Waals surface area contributed by atoms with E-state index in [0.29, 0.717) is 0 Å². The van der Waals surface area contributed by atoms with Gasteiger partial charge in [0.25, 0.3) is 0 Å². The van der Waals surface area contributed by atoms with Crippen molar-refractivity contribution in [1.29, 1.82) is 0 Å². The van der Waals surface area contributed by atoms with Gasteiger partial charge in [0.15, 0.2) is 16.4 Å². The van der Waals surface area contributed by atoms with Crippen molar-refractivity contribution < 1.29 is 35.5 Å². The predicted octanol–water partition coefficient (Wildman–Crippen LogP) is 0.454. The average molecular weight is 233 g/mol. The van der Waals surface area contributed by atoms with E-state index < -0.39 is 15.6 Å². The molecule has 82 valence electrons. The maximum absolute atomic E-state index is 10.7. The zero-order chi connectivity index (χ0) is 11.4. The Bertz CT molecular complexity index is 355. The Labute approximate surface area is 77.3 Å². The van der Waals surface area contributed by atoms with E-state index in [1.807, 2.05) is 6.92 Å². The van der Waals surface area contributed by atoms with Crippen molar-refractivity contribution in [2.24, 2.45) is 0 Å². The highest BCUT2D eigenvalue weighted by Crippen LogP contribution is 2.20. The summed E-state index contributed by atoms with van der Waals surface area (Å²) < 4.78 is 63.7. The van der Waals surface area contributed by atoms with Crippen LogP contribution in [0.5, 0.6) is 0 Å². The zero-order valence-electron chi connectivity index (χ0n) is 6.83. The molecule has 0 aliphatic rings. The quantitative estimate of drug-likeness (QED) is 0.481. The molecule has 0 atom stereocenters. The Hall–Kier alpha value is -1.09. The predicted molar refractivity (Wildman–Crippen MR) is 35.8 cm³/mol. The van der Waals surface area contributed by atoms with Crippen molar-refractivity contribution in [1.82, 2.24) is 0 Å². The monoisotopic (exact) mass is 233 g/mol. The molecule has 0 bridgehead atoms. The Morgan fingerprint density at radius 3 is 2.00 bits per heavy atom. The van der Waals surface area contributed by atoms with E-state index in [4.69, 9.17) is 17.4 Å². The van der Waals surface area contributed by atoms with Crippen molar-refractivity contribution in [2.75, 3.05) is 0 Å². The fourth-order valence-electron chi connectivity index (χ4n) is 0.321. The first-order valence-electron chi connectivity index (χ1n) is 3.08. The zero-order valence-corrected chi connectivity index (χ0v) is 7.65. The Balaban J connectivity index is 0.000000249. The van der Waals surface area contributed by atoms with Crippen LogP contribution in [0.15, 0.2) is 16.9 Å². The lowest BCUT2D eigenvalue weighted by Crippen LogP contribution is -2.21. The molecule has 9 heteroatoms. The number of oxazole rings is 1. The van der Waals surface area contributed by atoms with Gasteiger partial charge in [0.1, 0.15) is 0 Å². The van der Waals surface area contributed by atoms with Crippen molar-refractivity contribution >= 4 is 10.1 Å². The number of rotatable bonds is 0. The van der Waals surface area contributed by atoms with E-state index in [1.54, 1.807) is 12.5 Å². The van der Waals surface area contributed by atoms with Gasteiger partial charge in [0.2, 0.25) is 6.20 Å². The summed E-state index contributed by atoms with van der Waals surface area (Å²) in [5, 5.41) is 0. The molecule has 5 nitrogen and oxygen atoms in total. The van der Waals surface area contributed by atoms with Gasteiger partial charge in [-0.25, -0.2) is 8.42 Å². The summed E-state index contributed by atoms with van der Waals surface area (Å²) in [4.78, 5) is 2.83. The number of hydrogen-bond acceptors (Lipinski definition) is 4. The van der Waals surface area contributed by atoms with Crippen LogP contribution in [-0.4, -0.2) is 18.5 Å². The molecule has 14 heavy (non-hydrogen) atoms. The highest BCUT2D eigenvalue weighted by molar-refractivity contribution is 7.86. The Morgan fingerprint density at radius 1 is 1.50 bits per heavy atom. The molecular formula is C5H6F3NO4S. The van der Waals surface area contributed by atoms with Crippen LogP contribution in [0.3, 0.4) is 0 Å². The van der Waals surface area contributed by atoms with Crippen molar-refractivity contribution in [3.63, 3.8) is 0 Å². The molecule has 0 aromatic carbocycles. The number of aromatic amines is 1. The first kappa shape index (κ1) is 12.9. The Morgan fingerprint density at radius 2 is 1.93 bits per heavy atom. The van der Waals surface area contributed by atoms with Crippen LogP contribution in [0.2, 0.25) is 0 Å². The molecule has 0 radical (unpaired) electrons. The van der Waals surface area contributed by atoms with Crippen LogP contribution < -0.4 is 4.98 Å². The van der Waals surface area contributed by atoms with E-state index in [2.05, 4.69) is 4.98 Å². The minimum Gasteiger partial charge on any atom is -0.741 e. The molecule has 0 amide bonds. The van der Waals surface area contributed by atoms with E-state index in [-0.39, 0.29) is 0 Å². The highest BCUT2D eigenvalue weighted by Gasteiger charge is 2.36. The van der Waals surface area contributed by atoms with E-state index in [1.165, 1.54) is 0 Å². The number of halogens is 3.